The molecule has 0 atom stereocenters. The summed E-state index contributed by atoms with van der Waals surface area (Å²) in [5.41, 5.74) is 2.19. The molecule has 1 aromatic carbocycles. The highest BCUT2D eigenvalue weighted by atomic mass is 127. The molecule has 1 saturated carbocycles. The van der Waals surface area contributed by atoms with E-state index in [4.69, 9.17) is 9.47 Å². The van der Waals surface area contributed by atoms with Gasteiger partial charge >= 0.3 is 0 Å². The fourth-order valence-electron chi connectivity index (χ4n) is 3.47. The van der Waals surface area contributed by atoms with Gasteiger partial charge in [-0.2, -0.15) is 0 Å². The summed E-state index contributed by atoms with van der Waals surface area (Å²) in [5.74, 6) is 2.45. The van der Waals surface area contributed by atoms with Gasteiger partial charge in [0, 0.05) is 26.0 Å². The second-order valence-electron chi connectivity index (χ2n) is 7.12. The molecular weight excluding hydrogens is 499 g/mol. The molecule has 0 spiro atoms. The number of hydrogen-bond donors (Lipinski definition) is 1. The van der Waals surface area contributed by atoms with Gasteiger partial charge in [-0.1, -0.05) is 6.07 Å². The normalized spacial score (nSPS) is 14.4. The zero-order valence-electron chi connectivity index (χ0n) is 17.6. The molecule has 0 bridgehead atoms. The molecule has 1 N–H and O–H groups in total. The SMILES string of the molecule is CN=C(NCc1ccc(OC)c(OC2CCCC2)c1)N(C)Cc1csc(C)n1.I. The van der Waals surface area contributed by atoms with Gasteiger partial charge in [0.2, 0.25) is 0 Å². The van der Waals surface area contributed by atoms with Crippen LogP contribution >= 0.6 is 35.3 Å². The highest BCUT2D eigenvalue weighted by Crippen LogP contribution is 2.32. The van der Waals surface area contributed by atoms with Crippen molar-refractivity contribution in [3.63, 3.8) is 0 Å². The van der Waals surface area contributed by atoms with E-state index >= 15 is 0 Å². The number of halogens is 1. The number of nitrogens with zero attached hydrogens (tertiary/aromatic N) is 3. The second kappa shape index (κ2) is 11.6. The number of nitrogens with one attached hydrogen (secondary N) is 1. The summed E-state index contributed by atoms with van der Waals surface area (Å²) in [5, 5.41) is 6.60. The molecule has 1 aromatic heterocycles. The number of aryl methyl sites for hydroxylation is 1. The van der Waals surface area contributed by atoms with Gasteiger partial charge in [0.15, 0.2) is 17.5 Å². The quantitative estimate of drug-likeness (QED) is 0.322. The summed E-state index contributed by atoms with van der Waals surface area (Å²) in [6.45, 7) is 3.41. The van der Waals surface area contributed by atoms with Crippen molar-refractivity contribution in [3.05, 3.63) is 39.8 Å². The lowest BCUT2D eigenvalue weighted by molar-refractivity contribution is 0.200. The van der Waals surface area contributed by atoms with E-state index in [0.29, 0.717) is 12.6 Å². The molecule has 160 valence electrons. The molecule has 0 amide bonds. The lowest BCUT2D eigenvalue weighted by Crippen LogP contribution is -2.38. The van der Waals surface area contributed by atoms with Crippen LogP contribution in [0.5, 0.6) is 11.5 Å². The van der Waals surface area contributed by atoms with E-state index < -0.39 is 0 Å². The number of aliphatic imine (C=N–C) groups is 1. The van der Waals surface area contributed by atoms with Gasteiger partial charge in [-0.3, -0.25) is 4.99 Å². The van der Waals surface area contributed by atoms with Crippen molar-refractivity contribution in [1.29, 1.82) is 0 Å². The molecule has 0 unspecified atom stereocenters. The first-order valence-corrected chi connectivity index (χ1v) is 10.6. The number of thiazole rings is 1. The molecule has 0 aliphatic heterocycles. The Morgan fingerprint density at radius 2 is 2.07 bits per heavy atom. The van der Waals surface area contributed by atoms with Crippen LogP contribution in [-0.4, -0.2) is 43.2 Å². The van der Waals surface area contributed by atoms with Crippen molar-refractivity contribution in [1.82, 2.24) is 15.2 Å². The minimum absolute atomic E-state index is 0. The van der Waals surface area contributed by atoms with E-state index in [2.05, 4.69) is 37.7 Å². The first kappa shape index (κ1) is 23.7. The van der Waals surface area contributed by atoms with Gasteiger partial charge in [0.05, 0.1) is 30.5 Å². The zero-order valence-corrected chi connectivity index (χ0v) is 20.8. The van der Waals surface area contributed by atoms with E-state index in [1.807, 2.05) is 20.0 Å². The Bertz CT molecular complexity index is 806. The zero-order chi connectivity index (χ0) is 19.9. The van der Waals surface area contributed by atoms with Crippen molar-refractivity contribution >= 4 is 41.3 Å². The summed E-state index contributed by atoms with van der Waals surface area (Å²) < 4.78 is 11.7. The second-order valence-corrected chi connectivity index (χ2v) is 8.19. The molecule has 3 rings (SSSR count). The minimum atomic E-state index is 0. The van der Waals surface area contributed by atoms with Crippen molar-refractivity contribution in [2.75, 3.05) is 21.2 Å². The number of guanidine groups is 1. The first-order chi connectivity index (χ1) is 13.6. The van der Waals surface area contributed by atoms with E-state index in [-0.39, 0.29) is 24.0 Å². The molecule has 1 fully saturated rings. The molecule has 1 aliphatic carbocycles. The Balaban J connectivity index is 0.00000300. The third-order valence-electron chi connectivity index (χ3n) is 4.91. The fraction of sp³-hybridized carbons (Fsp3) is 0.524. The lowest BCUT2D eigenvalue weighted by Gasteiger charge is -2.22. The smallest absolute Gasteiger partial charge is 0.194 e. The molecule has 0 radical (unpaired) electrons. The van der Waals surface area contributed by atoms with Crippen LogP contribution in [0.3, 0.4) is 0 Å². The molecule has 2 aromatic rings. The number of aromatic nitrogens is 1. The van der Waals surface area contributed by atoms with Crippen LogP contribution in [0.15, 0.2) is 28.6 Å². The summed E-state index contributed by atoms with van der Waals surface area (Å²) >= 11 is 1.67. The van der Waals surface area contributed by atoms with Crippen LogP contribution in [-0.2, 0) is 13.1 Å². The van der Waals surface area contributed by atoms with Crippen molar-refractivity contribution < 1.29 is 9.47 Å². The summed E-state index contributed by atoms with van der Waals surface area (Å²) in [7, 11) is 5.51. The highest BCUT2D eigenvalue weighted by Gasteiger charge is 2.18. The van der Waals surface area contributed by atoms with Crippen LogP contribution in [0.1, 0.15) is 41.9 Å². The average molecular weight is 530 g/mol. The maximum Gasteiger partial charge on any atom is 0.194 e. The predicted molar refractivity (Wildman–Crippen MR) is 130 cm³/mol. The molecule has 6 nitrogen and oxygen atoms in total. The van der Waals surface area contributed by atoms with Crippen molar-refractivity contribution in [3.8, 4) is 11.5 Å². The lowest BCUT2D eigenvalue weighted by atomic mass is 10.2. The number of benzene rings is 1. The largest absolute Gasteiger partial charge is 0.493 e. The highest BCUT2D eigenvalue weighted by molar-refractivity contribution is 14.0. The molecule has 0 saturated heterocycles. The Kier molecular flexibility index (Phi) is 9.48. The minimum Gasteiger partial charge on any atom is -0.493 e. The van der Waals surface area contributed by atoms with Gasteiger partial charge in [-0.25, -0.2) is 4.98 Å². The van der Waals surface area contributed by atoms with Gasteiger partial charge < -0.3 is 19.7 Å². The summed E-state index contributed by atoms with van der Waals surface area (Å²) in [6.07, 6.45) is 5.04. The van der Waals surface area contributed by atoms with Gasteiger partial charge in [0.25, 0.3) is 0 Å². The van der Waals surface area contributed by atoms with E-state index in [0.717, 1.165) is 53.1 Å². The number of hydrogen-bond acceptors (Lipinski definition) is 5. The van der Waals surface area contributed by atoms with Crippen molar-refractivity contribution in [2.45, 2.75) is 51.8 Å². The number of rotatable bonds is 7. The van der Waals surface area contributed by atoms with Crippen LogP contribution in [0.2, 0.25) is 0 Å². The summed E-state index contributed by atoms with van der Waals surface area (Å²) in [6, 6.07) is 6.11. The van der Waals surface area contributed by atoms with Crippen LogP contribution < -0.4 is 14.8 Å². The van der Waals surface area contributed by atoms with E-state index in [1.54, 1.807) is 25.5 Å². The van der Waals surface area contributed by atoms with Crippen LogP contribution in [0, 0.1) is 6.92 Å². The van der Waals surface area contributed by atoms with Gasteiger partial charge in [0.1, 0.15) is 0 Å². The fourth-order valence-corrected chi connectivity index (χ4v) is 4.08. The maximum atomic E-state index is 6.20. The Morgan fingerprint density at radius 3 is 2.69 bits per heavy atom. The van der Waals surface area contributed by atoms with E-state index in [9.17, 15) is 0 Å². The standard InChI is InChI=1S/C21H30N4O2S.HI/c1-15-24-17(14-28-15)13-25(3)21(22-2)23-12-16-9-10-19(26-4)20(11-16)27-18-7-5-6-8-18;/h9-11,14,18H,5-8,12-13H2,1-4H3,(H,22,23);1H. The third-order valence-corrected chi connectivity index (χ3v) is 5.74. The van der Waals surface area contributed by atoms with Crippen LogP contribution in [0.4, 0.5) is 0 Å². The Hall–Kier alpha value is -1.55. The Morgan fingerprint density at radius 1 is 1.31 bits per heavy atom. The first-order valence-electron chi connectivity index (χ1n) is 9.75. The molecule has 1 aliphatic rings. The maximum absolute atomic E-state index is 6.20. The molecule has 29 heavy (non-hydrogen) atoms. The third kappa shape index (κ3) is 6.74. The van der Waals surface area contributed by atoms with Crippen LogP contribution in [0.25, 0.3) is 0 Å². The monoisotopic (exact) mass is 530 g/mol. The average Bonchev–Trinajstić information content (AvgIpc) is 3.34. The van der Waals surface area contributed by atoms with E-state index in [1.165, 1.54) is 12.8 Å². The molecule has 8 heteroatoms. The number of ether oxygens (including phenoxy) is 2. The Labute approximate surface area is 194 Å². The predicted octanol–water partition coefficient (Wildman–Crippen LogP) is 4.61. The summed E-state index contributed by atoms with van der Waals surface area (Å²) in [4.78, 5) is 11.0. The molecule has 1 heterocycles. The topological polar surface area (TPSA) is 59.0 Å². The van der Waals surface area contributed by atoms with Gasteiger partial charge in [-0.05, 0) is 50.3 Å². The van der Waals surface area contributed by atoms with Gasteiger partial charge in [-0.15, -0.1) is 35.3 Å². The molecular formula is C21H31IN4O2S. The number of methoxy groups -OCH3 is 1. The van der Waals surface area contributed by atoms with Crippen molar-refractivity contribution in [2.24, 2.45) is 4.99 Å².